The lowest BCUT2D eigenvalue weighted by atomic mass is 10.1. The van der Waals surface area contributed by atoms with Crippen molar-refractivity contribution in [2.75, 3.05) is 11.9 Å². The summed E-state index contributed by atoms with van der Waals surface area (Å²) in [5.41, 5.74) is 3.39. The zero-order valence-corrected chi connectivity index (χ0v) is 10.4. The van der Waals surface area contributed by atoms with Crippen LogP contribution in [0.1, 0.15) is 15.9 Å². The zero-order chi connectivity index (χ0) is 13.1. The van der Waals surface area contributed by atoms with Crippen molar-refractivity contribution in [1.82, 2.24) is 0 Å². The fourth-order valence-corrected chi connectivity index (χ4v) is 1.93. The van der Waals surface area contributed by atoms with Gasteiger partial charge < -0.3 is 10.0 Å². The van der Waals surface area contributed by atoms with Crippen molar-refractivity contribution in [3.8, 4) is 0 Å². The number of carboxylic acid groups (broad SMARTS) is 1. The molecule has 0 saturated carbocycles. The highest BCUT2D eigenvalue weighted by Crippen LogP contribution is 2.26. The predicted octanol–water partition coefficient (Wildman–Crippen LogP) is 3.46. The summed E-state index contributed by atoms with van der Waals surface area (Å²) >= 11 is 0. The van der Waals surface area contributed by atoms with Crippen LogP contribution in [-0.4, -0.2) is 18.1 Å². The summed E-state index contributed by atoms with van der Waals surface area (Å²) in [6.45, 7) is 2.03. The van der Waals surface area contributed by atoms with E-state index in [0.29, 0.717) is 5.56 Å². The SMILES string of the molecule is Cc1ccccc1N(C)c1cccc(C(=O)O)c1. The van der Waals surface area contributed by atoms with Gasteiger partial charge in [-0.3, -0.25) is 0 Å². The van der Waals surface area contributed by atoms with Crippen molar-refractivity contribution in [3.05, 3.63) is 59.7 Å². The van der Waals surface area contributed by atoms with Crippen molar-refractivity contribution in [1.29, 1.82) is 0 Å². The monoisotopic (exact) mass is 241 g/mol. The molecule has 92 valence electrons. The molecule has 3 heteroatoms. The average Bonchev–Trinajstić information content (AvgIpc) is 2.38. The van der Waals surface area contributed by atoms with E-state index in [4.69, 9.17) is 5.11 Å². The minimum absolute atomic E-state index is 0.299. The Bertz CT molecular complexity index is 578. The highest BCUT2D eigenvalue weighted by molar-refractivity contribution is 5.89. The number of rotatable bonds is 3. The number of anilines is 2. The van der Waals surface area contributed by atoms with Gasteiger partial charge in [0.05, 0.1) is 5.56 Å². The van der Waals surface area contributed by atoms with Crippen molar-refractivity contribution < 1.29 is 9.90 Å². The molecule has 1 N–H and O–H groups in total. The molecule has 0 bridgehead atoms. The van der Waals surface area contributed by atoms with Gasteiger partial charge in [-0.15, -0.1) is 0 Å². The first-order valence-electron chi connectivity index (χ1n) is 5.72. The van der Waals surface area contributed by atoms with Crippen molar-refractivity contribution in [2.45, 2.75) is 6.92 Å². The lowest BCUT2D eigenvalue weighted by Crippen LogP contribution is -2.11. The summed E-state index contributed by atoms with van der Waals surface area (Å²) in [7, 11) is 1.93. The van der Waals surface area contributed by atoms with E-state index in [-0.39, 0.29) is 0 Å². The summed E-state index contributed by atoms with van der Waals surface area (Å²) in [6.07, 6.45) is 0. The maximum atomic E-state index is 11.0. The summed E-state index contributed by atoms with van der Waals surface area (Å²) in [5.74, 6) is -0.907. The molecular weight excluding hydrogens is 226 g/mol. The molecule has 0 aliphatic rings. The third kappa shape index (κ3) is 2.35. The second kappa shape index (κ2) is 4.92. The molecule has 0 heterocycles. The number of nitrogens with zero attached hydrogens (tertiary/aromatic N) is 1. The minimum atomic E-state index is -0.907. The summed E-state index contributed by atoms with van der Waals surface area (Å²) in [6, 6.07) is 14.9. The quantitative estimate of drug-likeness (QED) is 0.894. The van der Waals surface area contributed by atoms with Crippen LogP contribution in [0, 0.1) is 6.92 Å². The molecule has 0 amide bonds. The Hall–Kier alpha value is -2.29. The Labute approximate surface area is 106 Å². The molecule has 0 radical (unpaired) electrons. The van der Waals surface area contributed by atoms with Crippen LogP contribution in [0.2, 0.25) is 0 Å². The molecule has 0 saturated heterocycles. The molecule has 0 unspecified atom stereocenters. The fourth-order valence-electron chi connectivity index (χ4n) is 1.93. The number of aromatic carboxylic acids is 1. The van der Waals surface area contributed by atoms with E-state index in [1.54, 1.807) is 18.2 Å². The standard InChI is InChI=1S/C15H15NO2/c1-11-6-3-4-9-14(11)16(2)13-8-5-7-12(10-13)15(17)18/h3-10H,1-2H3,(H,17,18). The van der Waals surface area contributed by atoms with Gasteiger partial charge in [-0.25, -0.2) is 4.79 Å². The number of carbonyl (C=O) groups is 1. The Morgan fingerprint density at radius 1 is 1.11 bits per heavy atom. The van der Waals surface area contributed by atoms with Gasteiger partial charge in [-0.2, -0.15) is 0 Å². The van der Waals surface area contributed by atoms with Crippen molar-refractivity contribution in [3.63, 3.8) is 0 Å². The molecule has 0 aliphatic carbocycles. The lowest BCUT2D eigenvalue weighted by molar-refractivity contribution is 0.0697. The van der Waals surface area contributed by atoms with Crippen molar-refractivity contribution in [2.24, 2.45) is 0 Å². The van der Waals surface area contributed by atoms with Crippen LogP contribution in [0.25, 0.3) is 0 Å². The first kappa shape index (κ1) is 12.2. The maximum Gasteiger partial charge on any atom is 0.335 e. The second-order valence-electron chi connectivity index (χ2n) is 4.20. The van der Waals surface area contributed by atoms with E-state index in [1.807, 2.05) is 49.2 Å². The number of hydrogen-bond acceptors (Lipinski definition) is 2. The van der Waals surface area contributed by atoms with Crippen LogP contribution in [-0.2, 0) is 0 Å². The predicted molar refractivity (Wildman–Crippen MR) is 72.6 cm³/mol. The largest absolute Gasteiger partial charge is 0.478 e. The molecule has 0 spiro atoms. The highest BCUT2D eigenvalue weighted by atomic mass is 16.4. The van der Waals surface area contributed by atoms with E-state index in [2.05, 4.69) is 0 Å². The number of para-hydroxylation sites is 1. The van der Waals surface area contributed by atoms with Crippen molar-refractivity contribution >= 4 is 17.3 Å². The van der Waals surface area contributed by atoms with E-state index in [1.165, 1.54) is 0 Å². The minimum Gasteiger partial charge on any atom is -0.478 e. The molecule has 0 fully saturated rings. The van der Waals surface area contributed by atoms with Gasteiger partial charge in [0.2, 0.25) is 0 Å². The zero-order valence-electron chi connectivity index (χ0n) is 10.4. The van der Waals surface area contributed by atoms with Gasteiger partial charge in [-0.1, -0.05) is 24.3 Å². The van der Waals surface area contributed by atoms with E-state index >= 15 is 0 Å². The third-order valence-electron chi connectivity index (χ3n) is 2.96. The highest BCUT2D eigenvalue weighted by Gasteiger charge is 2.09. The molecule has 0 aliphatic heterocycles. The van der Waals surface area contributed by atoms with Crippen LogP contribution >= 0.6 is 0 Å². The van der Waals surface area contributed by atoms with Gasteiger partial charge in [-0.05, 0) is 36.8 Å². The Morgan fingerprint density at radius 3 is 2.50 bits per heavy atom. The number of carboxylic acids is 1. The third-order valence-corrected chi connectivity index (χ3v) is 2.96. The molecule has 0 atom stereocenters. The summed E-state index contributed by atoms with van der Waals surface area (Å²) in [5, 5.41) is 9.00. The average molecular weight is 241 g/mol. The van der Waals surface area contributed by atoms with Crippen LogP contribution < -0.4 is 4.90 Å². The Kier molecular flexibility index (Phi) is 3.33. The normalized spacial score (nSPS) is 10.1. The summed E-state index contributed by atoms with van der Waals surface area (Å²) in [4.78, 5) is 12.9. The molecule has 3 nitrogen and oxygen atoms in total. The first-order valence-corrected chi connectivity index (χ1v) is 5.72. The van der Waals surface area contributed by atoms with Gasteiger partial charge in [0.1, 0.15) is 0 Å². The van der Waals surface area contributed by atoms with E-state index in [0.717, 1.165) is 16.9 Å². The molecule has 2 aromatic rings. The van der Waals surface area contributed by atoms with E-state index in [9.17, 15) is 4.79 Å². The van der Waals surface area contributed by atoms with E-state index < -0.39 is 5.97 Å². The van der Waals surface area contributed by atoms with Crippen LogP contribution in [0.4, 0.5) is 11.4 Å². The molecular formula is C15H15NO2. The Balaban J connectivity index is 2.40. The smallest absolute Gasteiger partial charge is 0.335 e. The molecule has 0 aromatic heterocycles. The van der Waals surface area contributed by atoms with Gasteiger partial charge in [0.25, 0.3) is 0 Å². The number of aryl methyl sites for hydroxylation is 1. The number of benzene rings is 2. The topological polar surface area (TPSA) is 40.5 Å². The second-order valence-corrected chi connectivity index (χ2v) is 4.20. The fraction of sp³-hybridized carbons (Fsp3) is 0.133. The molecule has 18 heavy (non-hydrogen) atoms. The molecule has 2 rings (SSSR count). The lowest BCUT2D eigenvalue weighted by Gasteiger charge is -2.21. The van der Waals surface area contributed by atoms with Crippen LogP contribution in [0.3, 0.4) is 0 Å². The van der Waals surface area contributed by atoms with Gasteiger partial charge >= 0.3 is 5.97 Å². The first-order chi connectivity index (χ1) is 8.59. The Morgan fingerprint density at radius 2 is 1.83 bits per heavy atom. The maximum absolute atomic E-state index is 11.0. The number of hydrogen-bond donors (Lipinski definition) is 1. The summed E-state index contributed by atoms with van der Waals surface area (Å²) < 4.78 is 0. The van der Waals surface area contributed by atoms with Gasteiger partial charge in [0.15, 0.2) is 0 Å². The van der Waals surface area contributed by atoms with Crippen LogP contribution in [0.15, 0.2) is 48.5 Å². The van der Waals surface area contributed by atoms with Gasteiger partial charge in [0, 0.05) is 18.4 Å². The van der Waals surface area contributed by atoms with Crippen LogP contribution in [0.5, 0.6) is 0 Å². The molecule has 2 aromatic carbocycles.